The molecule has 3 aromatic rings. The minimum Gasteiger partial charge on any atom is -0.497 e. The Morgan fingerprint density at radius 2 is 1.12 bits per heavy atom. The van der Waals surface area contributed by atoms with Crippen LogP contribution in [-0.4, -0.2) is 13.4 Å². The topological polar surface area (TPSA) is 26.3 Å². The molecule has 0 amide bonds. The van der Waals surface area contributed by atoms with E-state index in [2.05, 4.69) is 36.4 Å². The SMILES string of the molecule is COc1ccc(C(c2ccccc2)(c2ccccc2)C(C)(C)C=O)cc1. The minimum absolute atomic E-state index is 0.608. The molecule has 2 heteroatoms. The molecule has 0 heterocycles. The summed E-state index contributed by atoms with van der Waals surface area (Å²) in [6.07, 6.45) is 1.07. The Kier molecular flexibility index (Phi) is 4.94. The molecule has 0 saturated carbocycles. The Morgan fingerprint density at radius 1 is 0.692 bits per heavy atom. The van der Waals surface area contributed by atoms with Crippen molar-refractivity contribution in [3.63, 3.8) is 0 Å². The molecule has 0 radical (unpaired) electrons. The van der Waals surface area contributed by atoms with Gasteiger partial charge >= 0.3 is 0 Å². The monoisotopic (exact) mass is 344 g/mol. The molecule has 3 aromatic carbocycles. The van der Waals surface area contributed by atoms with E-state index in [0.29, 0.717) is 0 Å². The summed E-state index contributed by atoms with van der Waals surface area (Å²) in [4.78, 5) is 12.3. The molecule has 0 spiro atoms. The summed E-state index contributed by atoms with van der Waals surface area (Å²) in [6, 6.07) is 28.5. The number of aldehydes is 1. The highest BCUT2D eigenvalue weighted by Gasteiger charge is 2.49. The van der Waals surface area contributed by atoms with E-state index in [1.165, 1.54) is 0 Å². The van der Waals surface area contributed by atoms with Crippen LogP contribution in [0.1, 0.15) is 30.5 Å². The first kappa shape index (κ1) is 17.9. The van der Waals surface area contributed by atoms with E-state index < -0.39 is 10.8 Å². The fourth-order valence-corrected chi connectivity index (χ4v) is 3.92. The van der Waals surface area contributed by atoms with Crippen molar-refractivity contribution in [2.24, 2.45) is 5.41 Å². The van der Waals surface area contributed by atoms with Crippen LogP contribution < -0.4 is 4.74 Å². The Bertz CT molecular complexity index is 810. The van der Waals surface area contributed by atoms with Crippen LogP contribution in [0.5, 0.6) is 5.75 Å². The molecule has 0 aliphatic heterocycles. The van der Waals surface area contributed by atoms with Gasteiger partial charge in [0.25, 0.3) is 0 Å². The molecule has 0 N–H and O–H groups in total. The second-order valence-electron chi connectivity index (χ2n) is 7.05. The Balaban J connectivity index is 2.40. The van der Waals surface area contributed by atoms with E-state index in [9.17, 15) is 4.79 Å². The molecule has 0 fully saturated rings. The summed E-state index contributed by atoms with van der Waals surface area (Å²) >= 11 is 0. The molecular formula is C24H24O2. The maximum Gasteiger partial charge on any atom is 0.127 e. The number of methoxy groups -OCH3 is 1. The summed E-state index contributed by atoms with van der Waals surface area (Å²) in [6.45, 7) is 4.01. The maximum atomic E-state index is 12.3. The van der Waals surface area contributed by atoms with Crippen LogP contribution in [-0.2, 0) is 10.2 Å². The minimum atomic E-state index is -0.662. The van der Waals surface area contributed by atoms with Gasteiger partial charge in [0.15, 0.2) is 0 Å². The summed E-state index contributed by atoms with van der Waals surface area (Å²) < 4.78 is 5.34. The van der Waals surface area contributed by atoms with E-state index in [1.807, 2.05) is 62.4 Å². The third-order valence-corrected chi connectivity index (χ3v) is 5.20. The van der Waals surface area contributed by atoms with Crippen LogP contribution >= 0.6 is 0 Å². The molecule has 0 saturated heterocycles. The van der Waals surface area contributed by atoms with Gasteiger partial charge in [0, 0.05) is 5.41 Å². The van der Waals surface area contributed by atoms with Gasteiger partial charge < -0.3 is 9.53 Å². The average molecular weight is 344 g/mol. The van der Waals surface area contributed by atoms with Crippen LogP contribution in [0.3, 0.4) is 0 Å². The van der Waals surface area contributed by atoms with Crippen LogP contribution in [0.25, 0.3) is 0 Å². The molecule has 0 aliphatic rings. The van der Waals surface area contributed by atoms with Gasteiger partial charge in [-0.2, -0.15) is 0 Å². The molecule has 2 nitrogen and oxygen atoms in total. The number of rotatable bonds is 6. The lowest BCUT2D eigenvalue weighted by Crippen LogP contribution is -2.45. The van der Waals surface area contributed by atoms with Gasteiger partial charge in [0.1, 0.15) is 12.0 Å². The third-order valence-electron chi connectivity index (χ3n) is 5.20. The van der Waals surface area contributed by atoms with Crippen LogP contribution in [0.15, 0.2) is 84.9 Å². The summed E-state index contributed by atoms with van der Waals surface area (Å²) in [5, 5.41) is 0. The number of carbonyl (C=O) groups is 1. The van der Waals surface area contributed by atoms with E-state index in [1.54, 1.807) is 7.11 Å². The number of ether oxygens (including phenoxy) is 1. The lowest BCUT2D eigenvalue weighted by Gasteiger charge is -2.45. The van der Waals surface area contributed by atoms with Crippen molar-refractivity contribution in [1.82, 2.24) is 0 Å². The quantitative estimate of drug-likeness (QED) is 0.451. The van der Waals surface area contributed by atoms with E-state index in [4.69, 9.17) is 4.74 Å². The van der Waals surface area contributed by atoms with Crippen LogP contribution in [0.2, 0.25) is 0 Å². The van der Waals surface area contributed by atoms with Crippen molar-refractivity contribution in [3.8, 4) is 5.75 Å². The van der Waals surface area contributed by atoms with E-state index >= 15 is 0 Å². The number of hydrogen-bond acceptors (Lipinski definition) is 2. The second-order valence-corrected chi connectivity index (χ2v) is 7.05. The normalized spacial score (nSPS) is 11.8. The van der Waals surface area contributed by atoms with Crippen molar-refractivity contribution in [2.75, 3.05) is 7.11 Å². The zero-order chi connectivity index (χ0) is 18.6. The lowest BCUT2D eigenvalue weighted by atomic mass is 9.55. The number of hydrogen-bond donors (Lipinski definition) is 0. The highest BCUT2D eigenvalue weighted by atomic mass is 16.5. The molecule has 3 rings (SSSR count). The van der Waals surface area contributed by atoms with Gasteiger partial charge in [-0.15, -0.1) is 0 Å². The highest BCUT2D eigenvalue weighted by Crippen LogP contribution is 2.51. The molecule has 0 atom stereocenters. The van der Waals surface area contributed by atoms with Crippen LogP contribution in [0.4, 0.5) is 0 Å². The number of carbonyl (C=O) groups excluding carboxylic acids is 1. The maximum absolute atomic E-state index is 12.3. The summed E-state index contributed by atoms with van der Waals surface area (Å²) in [5.74, 6) is 0.799. The Labute approximate surface area is 155 Å². The van der Waals surface area contributed by atoms with Gasteiger partial charge in [-0.1, -0.05) is 86.6 Å². The Hall–Kier alpha value is -2.87. The van der Waals surface area contributed by atoms with Crippen molar-refractivity contribution < 1.29 is 9.53 Å². The highest BCUT2D eigenvalue weighted by molar-refractivity contribution is 5.69. The standard InChI is InChI=1S/C24H24O2/c1-23(2,18-25)24(19-10-6-4-7-11-19,20-12-8-5-9-13-20)21-14-16-22(26-3)17-15-21/h4-18H,1-3H3. The molecular weight excluding hydrogens is 320 g/mol. The van der Waals surface area contributed by atoms with E-state index in [0.717, 1.165) is 28.7 Å². The van der Waals surface area contributed by atoms with Crippen molar-refractivity contribution >= 4 is 6.29 Å². The zero-order valence-electron chi connectivity index (χ0n) is 15.5. The first-order chi connectivity index (χ1) is 12.6. The van der Waals surface area contributed by atoms with Crippen molar-refractivity contribution in [2.45, 2.75) is 19.3 Å². The first-order valence-electron chi connectivity index (χ1n) is 8.78. The van der Waals surface area contributed by atoms with Crippen molar-refractivity contribution in [3.05, 3.63) is 102 Å². The smallest absolute Gasteiger partial charge is 0.127 e. The lowest BCUT2D eigenvalue weighted by molar-refractivity contribution is -0.116. The van der Waals surface area contributed by atoms with Crippen LogP contribution in [0, 0.1) is 5.41 Å². The molecule has 0 aromatic heterocycles. The first-order valence-corrected chi connectivity index (χ1v) is 8.78. The zero-order valence-corrected chi connectivity index (χ0v) is 15.5. The fraction of sp³-hybridized carbons (Fsp3) is 0.208. The predicted octanol–water partition coefficient (Wildman–Crippen LogP) is 5.25. The molecule has 0 unspecified atom stereocenters. The largest absolute Gasteiger partial charge is 0.497 e. The molecule has 0 bridgehead atoms. The second kappa shape index (κ2) is 7.17. The van der Waals surface area contributed by atoms with Gasteiger partial charge in [0.2, 0.25) is 0 Å². The van der Waals surface area contributed by atoms with Gasteiger partial charge in [0.05, 0.1) is 12.5 Å². The fourth-order valence-electron chi connectivity index (χ4n) is 3.92. The number of benzene rings is 3. The summed E-state index contributed by atoms with van der Waals surface area (Å²) in [7, 11) is 1.66. The molecule has 0 aliphatic carbocycles. The predicted molar refractivity (Wildman–Crippen MR) is 106 cm³/mol. The van der Waals surface area contributed by atoms with Gasteiger partial charge in [-0.05, 0) is 28.8 Å². The molecule has 26 heavy (non-hydrogen) atoms. The van der Waals surface area contributed by atoms with Crippen molar-refractivity contribution in [1.29, 1.82) is 0 Å². The third kappa shape index (κ3) is 2.82. The Morgan fingerprint density at radius 3 is 1.50 bits per heavy atom. The molecule has 132 valence electrons. The van der Waals surface area contributed by atoms with Gasteiger partial charge in [-0.25, -0.2) is 0 Å². The van der Waals surface area contributed by atoms with Gasteiger partial charge in [-0.3, -0.25) is 0 Å². The average Bonchev–Trinajstić information content (AvgIpc) is 2.70. The summed E-state index contributed by atoms with van der Waals surface area (Å²) in [5.41, 5.74) is 1.98. The van der Waals surface area contributed by atoms with E-state index in [-0.39, 0.29) is 0 Å².